The fraction of sp³-hybridized carbons (Fsp3) is 0.190. The first-order valence-corrected chi connectivity index (χ1v) is 10.2. The van der Waals surface area contributed by atoms with Crippen molar-refractivity contribution >= 4 is 41.1 Å². The molecule has 6 nitrogen and oxygen atoms in total. The van der Waals surface area contributed by atoms with Gasteiger partial charge in [0.2, 0.25) is 0 Å². The van der Waals surface area contributed by atoms with Crippen molar-refractivity contribution in [1.29, 1.82) is 0 Å². The van der Waals surface area contributed by atoms with E-state index in [0.717, 1.165) is 28.6 Å². The molecule has 1 aromatic heterocycles. The Bertz CT molecular complexity index is 1030. The number of anilines is 1. The van der Waals surface area contributed by atoms with Gasteiger partial charge in [0.25, 0.3) is 0 Å². The summed E-state index contributed by atoms with van der Waals surface area (Å²) in [6.45, 7) is 2.58. The Kier molecular flexibility index (Phi) is 6.61. The zero-order chi connectivity index (χ0) is 21.0. The second kappa shape index (κ2) is 9.15. The summed E-state index contributed by atoms with van der Waals surface area (Å²) in [5, 5.41) is 19.3. The molecule has 3 rings (SSSR count). The average molecular weight is 429 g/mol. The van der Waals surface area contributed by atoms with Crippen molar-refractivity contribution in [2.75, 3.05) is 19.0 Å². The summed E-state index contributed by atoms with van der Waals surface area (Å²) in [7, 11) is 3.92. The van der Waals surface area contributed by atoms with E-state index in [2.05, 4.69) is 10.2 Å². The molecule has 0 aliphatic rings. The van der Waals surface area contributed by atoms with Crippen LogP contribution in [-0.4, -0.2) is 39.9 Å². The highest BCUT2D eigenvalue weighted by Gasteiger charge is 2.18. The van der Waals surface area contributed by atoms with Crippen LogP contribution in [0.2, 0.25) is 5.02 Å². The predicted octanol–water partition coefficient (Wildman–Crippen LogP) is 4.90. The molecule has 0 bridgehead atoms. The van der Waals surface area contributed by atoms with Crippen molar-refractivity contribution in [3.63, 3.8) is 0 Å². The number of hydrogen-bond acceptors (Lipinski definition) is 5. The van der Waals surface area contributed by atoms with Crippen molar-refractivity contribution in [2.45, 2.75) is 18.6 Å². The largest absolute Gasteiger partial charge is 0.477 e. The van der Waals surface area contributed by atoms with Crippen LogP contribution in [0, 0.1) is 0 Å². The SMILES string of the molecule is CCn1c(S/C(=C\c2ccc(N(C)C)cc2)C(=O)O)nnc1-c1ccc(Cl)cc1. The molecule has 0 amide bonds. The van der Waals surface area contributed by atoms with Crippen molar-refractivity contribution in [3.8, 4) is 11.4 Å². The van der Waals surface area contributed by atoms with Crippen molar-refractivity contribution in [2.24, 2.45) is 0 Å². The summed E-state index contributed by atoms with van der Waals surface area (Å²) < 4.78 is 1.89. The number of nitrogens with zero attached hydrogens (tertiary/aromatic N) is 4. The molecule has 0 aliphatic carbocycles. The number of aliphatic carboxylic acids is 1. The third-order valence-corrected chi connectivity index (χ3v) is 5.50. The molecule has 0 unspecified atom stereocenters. The molecule has 0 aliphatic heterocycles. The molecule has 0 radical (unpaired) electrons. The van der Waals surface area contributed by atoms with Crippen LogP contribution in [0.3, 0.4) is 0 Å². The molecule has 150 valence electrons. The number of halogens is 1. The number of carboxylic acid groups (broad SMARTS) is 1. The monoisotopic (exact) mass is 428 g/mol. The van der Waals surface area contributed by atoms with Gasteiger partial charge in [0.15, 0.2) is 11.0 Å². The molecule has 0 saturated heterocycles. The highest BCUT2D eigenvalue weighted by molar-refractivity contribution is 8.04. The smallest absolute Gasteiger partial charge is 0.342 e. The molecule has 1 N–H and O–H groups in total. The minimum atomic E-state index is -1.01. The molecule has 29 heavy (non-hydrogen) atoms. The lowest BCUT2D eigenvalue weighted by molar-refractivity contribution is -0.131. The van der Waals surface area contributed by atoms with Gasteiger partial charge >= 0.3 is 5.97 Å². The Balaban J connectivity index is 1.91. The minimum absolute atomic E-state index is 0.173. The molecule has 2 aromatic carbocycles. The van der Waals surface area contributed by atoms with Crippen molar-refractivity contribution in [1.82, 2.24) is 14.8 Å². The van der Waals surface area contributed by atoms with E-state index in [1.807, 2.05) is 66.9 Å². The summed E-state index contributed by atoms with van der Waals surface area (Å²) in [5.41, 5.74) is 2.72. The number of rotatable bonds is 7. The lowest BCUT2D eigenvalue weighted by Gasteiger charge is -2.12. The average Bonchev–Trinajstić information content (AvgIpc) is 3.11. The van der Waals surface area contributed by atoms with E-state index in [4.69, 9.17) is 11.6 Å². The maximum atomic E-state index is 11.8. The molecule has 3 aromatic rings. The van der Waals surface area contributed by atoms with Crippen molar-refractivity contribution < 1.29 is 9.90 Å². The first kappa shape index (κ1) is 21.0. The van der Waals surface area contributed by atoms with Crippen LogP contribution >= 0.6 is 23.4 Å². The summed E-state index contributed by atoms with van der Waals surface area (Å²) in [4.78, 5) is 14.0. The van der Waals surface area contributed by atoms with Gasteiger partial charge in [-0.25, -0.2) is 4.79 Å². The van der Waals surface area contributed by atoms with Crippen LogP contribution in [0.15, 0.2) is 58.6 Å². The van der Waals surface area contributed by atoms with Gasteiger partial charge in [0.05, 0.1) is 0 Å². The summed E-state index contributed by atoms with van der Waals surface area (Å²) in [5.74, 6) is -0.336. The van der Waals surface area contributed by atoms with E-state index >= 15 is 0 Å². The Labute approximate surface area is 178 Å². The Morgan fingerprint density at radius 2 is 1.79 bits per heavy atom. The zero-order valence-electron chi connectivity index (χ0n) is 16.3. The van der Waals surface area contributed by atoms with Gasteiger partial charge in [-0.05, 0) is 66.7 Å². The standard InChI is InChI=1S/C21H21ClN4O2S/c1-4-26-19(15-7-9-16(22)10-8-15)23-24-21(26)29-18(20(27)28)13-14-5-11-17(12-6-14)25(2)3/h5-13H,4H2,1-3H3,(H,27,28)/b18-13-. The van der Waals surface area contributed by atoms with Crippen LogP contribution < -0.4 is 4.90 Å². The summed E-state index contributed by atoms with van der Waals surface area (Å²) in [6.07, 6.45) is 1.64. The summed E-state index contributed by atoms with van der Waals surface area (Å²) >= 11 is 7.05. The third kappa shape index (κ3) is 4.99. The first-order valence-electron chi connectivity index (χ1n) is 8.98. The third-order valence-electron chi connectivity index (χ3n) is 4.25. The molecule has 0 spiro atoms. The maximum Gasteiger partial charge on any atom is 0.342 e. The van der Waals surface area contributed by atoms with E-state index in [9.17, 15) is 9.90 Å². The normalized spacial score (nSPS) is 11.5. The molecular weight excluding hydrogens is 408 g/mol. The molecule has 0 saturated carbocycles. The fourth-order valence-corrected chi connectivity index (χ4v) is 3.73. The number of aromatic nitrogens is 3. The minimum Gasteiger partial charge on any atom is -0.477 e. The van der Waals surface area contributed by atoms with Gasteiger partial charge in [0, 0.05) is 36.9 Å². The Morgan fingerprint density at radius 3 is 2.34 bits per heavy atom. The van der Waals surface area contributed by atoms with Crippen molar-refractivity contribution in [3.05, 3.63) is 64.0 Å². The van der Waals surface area contributed by atoms with Gasteiger partial charge < -0.3 is 14.6 Å². The van der Waals surface area contributed by atoms with Gasteiger partial charge in [-0.1, -0.05) is 23.7 Å². The second-order valence-corrected chi connectivity index (χ2v) is 7.90. The van der Waals surface area contributed by atoms with Gasteiger partial charge in [0.1, 0.15) is 4.91 Å². The maximum absolute atomic E-state index is 11.8. The zero-order valence-corrected chi connectivity index (χ0v) is 17.9. The quantitative estimate of drug-likeness (QED) is 0.426. The fourth-order valence-electron chi connectivity index (χ4n) is 2.72. The van der Waals surface area contributed by atoms with E-state index in [0.29, 0.717) is 22.5 Å². The summed E-state index contributed by atoms with van der Waals surface area (Å²) in [6, 6.07) is 15.0. The second-order valence-electron chi connectivity index (χ2n) is 6.46. The van der Waals surface area contributed by atoms with E-state index in [1.54, 1.807) is 18.2 Å². The molecule has 0 fully saturated rings. The lowest BCUT2D eigenvalue weighted by atomic mass is 10.2. The number of benzene rings is 2. The van der Waals surface area contributed by atoms with E-state index in [1.165, 1.54) is 0 Å². The molecule has 8 heteroatoms. The van der Waals surface area contributed by atoms with E-state index < -0.39 is 5.97 Å². The molecular formula is C21H21ClN4O2S. The number of thioether (sulfide) groups is 1. The predicted molar refractivity (Wildman–Crippen MR) is 118 cm³/mol. The van der Waals surface area contributed by atoms with Gasteiger partial charge in [-0.3, -0.25) is 0 Å². The highest BCUT2D eigenvalue weighted by Crippen LogP contribution is 2.31. The number of carboxylic acids is 1. The van der Waals surface area contributed by atoms with Gasteiger partial charge in [-0.15, -0.1) is 10.2 Å². The number of carbonyl (C=O) groups is 1. The highest BCUT2D eigenvalue weighted by atomic mass is 35.5. The Morgan fingerprint density at radius 1 is 1.14 bits per heavy atom. The van der Waals surface area contributed by atoms with Crippen LogP contribution in [0.25, 0.3) is 17.5 Å². The van der Waals surface area contributed by atoms with Crippen LogP contribution in [0.4, 0.5) is 5.69 Å². The van der Waals surface area contributed by atoms with Crippen LogP contribution in [0.5, 0.6) is 0 Å². The van der Waals surface area contributed by atoms with E-state index in [-0.39, 0.29) is 4.91 Å². The van der Waals surface area contributed by atoms with Crippen LogP contribution in [-0.2, 0) is 11.3 Å². The number of hydrogen-bond donors (Lipinski definition) is 1. The molecule has 1 heterocycles. The van der Waals surface area contributed by atoms with Gasteiger partial charge in [-0.2, -0.15) is 0 Å². The first-order chi connectivity index (χ1) is 13.9. The van der Waals surface area contributed by atoms with Crippen LogP contribution in [0.1, 0.15) is 12.5 Å². The lowest BCUT2D eigenvalue weighted by Crippen LogP contribution is -2.08. The topological polar surface area (TPSA) is 71.2 Å². The molecule has 0 atom stereocenters. The Hall–Kier alpha value is -2.77.